The molecule has 1 heterocycles. The molecule has 0 aliphatic carbocycles. The van der Waals surface area contributed by atoms with Crippen molar-refractivity contribution in [3.63, 3.8) is 0 Å². The molecule has 0 bridgehead atoms. The zero-order chi connectivity index (χ0) is 24.0. The van der Waals surface area contributed by atoms with Crippen molar-refractivity contribution in [3.05, 3.63) is 69.2 Å². The van der Waals surface area contributed by atoms with Gasteiger partial charge in [0.1, 0.15) is 5.82 Å². The highest BCUT2D eigenvalue weighted by molar-refractivity contribution is 9.10. The number of unbranched alkanes of at least 4 members (excludes halogenated alkanes) is 2. The van der Waals surface area contributed by atoms with Crippen LogP contribution in [0.2, 0.25) is 0 Å². The van der Waals surface area contributed by atoms with Crippen LogP contribution in [0.25, 0.3) is 16.6 Å². The topological polar surface area (TPSA) is 55.2 Å². The fourth-order valence-electron chi connectivity index (χ4n) is 4.01. The van der Waals surface area contributed by atoms with Gasteiger partial charge in [0.05, 0.1) is 22.6 Å². The van der Waals surface area contributed by atoms with Crippen molar-refractivity contribution in [2.24, 2.45) is 5.92 Å². The Kier molecular flexibility index (Phi) is 8.84. The number of hydrogen-bond acceptors (Lipinski definition) is 3. The maximum atomic E-state index is 13.6. The number of fused-ring (bicyclic) bond motifs is 1. The van der Waals surface area contributed by atoms with Gasteiger partial charge < -0.3 is 4.90 Å². The van der Waals surface area contributed by atoms with Gasteiger partial charge in [-0.15, -0.1) is 0 Å². The summed E-state index contributed by atoms with van der Waals surface area (Å²) in [7, 11) is 0. The highest BCUT2D eigenvalue weighted by Gasteiger charge is 2.26. The zero-order valence-electron chi connectivity index (χ0n) is 20.1. The molecule has 2 aromatic carbocycles. The molecule has 1 aromatic heterocycles. The summed E-state index contributed by atoms with van der Waals surface area (Å²) in [5, 5.41) is 0.569. The van der Waals surface area contributed by atoms with E-state index in [2.05, 4.69) is 36.7 Å². The lowest BCUT2D eigenvalue weighted by molar-refractivity contribution is -0.133. The first kappa shape index (κ1) is 25.2. The fraction of sp³-hybridized carbons (Fsp3) is 0.444. The number of aromatic nitrogens is 2. The number of carbonyl (C=O) groups excluding carboxylic acids is 1. The molecule has 6 heteroatoms. The Morgan fingerprint density at radius 1 is 1.06 bits per heavy atom. The number of rotatable bonds is 10. The fourth-order valence-corrected chi connectivity index (χ4v) is 4.27. The lowest BCUT2D eigenvalue weighted by Crippen LogP contribution is -2.38. The van der Waals surface area contributed by atoms with Crippen molar-refractivity contribution in [2.45, 2.75) is 65.8 Å². The summed E-state index contributed by atoms with van der Waals surface area (Å²) in [6.07, 6.45) is 4.41. The minimum absolute atomic E-state index is 0.119. The average molecular weight is 512 g/mol. The third-order valence-electron chi connectivity index (χ3n) is 5.99. The van der Waals surface area contributed by atoms with E-state index < -0.39 is 0 Å². The standard InChI is InChI=1S/C27H34BrN3O2/c1-5-6-7-12-25(32)30(18-17-19(2)3)20(4)26-29-24-11-9-8-10-23(24)27(33)31(26)22-15-13-21(28)14-16-22/h8-11,13-16,19-20H,5-7,12,17-18H2,1-4H3. The van der Waals surface area contributed by atoms with E-state index in [9.17, 15) is 9.59 Å². The second-order valence-corrected chi connectivity index (χ2v) is 9.92. The van der Waals surface area contributed by atoms with Crippen molar-refractivity contribution in [2.75, 3.05) is 6.54 Å². The molecule has 0 aliphatic heterocycles. The molecule has 0 spiro atoms. The third kappa shape index (κ3) is 6.11. The molecule has 1 unspecified atom stereocenters. The van der Waals surface area contributed by atoms with Gasteiger partial charge in [0.25, 0.3) is 5.56 Å². The lowest BCUT2D eigenvalue weighted by atomic mass is 10.1. The van der Waals surface area contributed by atoms with E-state index in [1.807, 2.05) is 54.3 Å². The maximum Gasteiger partial charge on any atom is 0.266 e. The summed E-state index contributed by atoms with van der Waals surface area (Å²) >= 11 is 3.47. The van der Waals surface area contributed by atoms with Gasteiger partial charge in [-0.05, 0) is 62.1 Å². The van der Waals surface area contributed by atoms with Gasteiger partial charge in [-0.25, -0.2) is 4.98 Å². The summed E-state index contributed by atoms with van der Waals surface area (Å²) in [6.45, 7) is 9.10. The molecule has 0 saturated carbocycles. The second kappa shape index (κ2) is 11.6. The molecule has 0 fully saturated rings. The average Bonchev–Trinajstić information content (AvgIpc) is 2.80. The first-order chi connectivity index (χ1) is 15.8. The van der Waals surface area contributed by atoms with Gasteiger partial charge in [0.2, 0.25) is 5.91 Å². The first-order valence-electron chi connectivity index (χ1n) is 11.9. The van der Waals surface area contributed by atoms with E-state index in [0.29, 0.717) is 35.6 Å². The molecule has 3 rings (SSSR count). The van der Waals surface area contributed by atoms with E-state index in [0.717, 1.165) is 35.8 Å². The largest absolute Gasteiger partial charge is 0.333 e. The quantitative estimate of drug-likeness (QED) is 0.285. The summed E-state index contributed by atoms with van der Waals surface area (Å²) in [4.78, 5) is 33.7. The molecule has 1 atom stereocenters. The van der Waals surface area contributed by atoms with Gasteiger partial charge in [-0.1, -0.05) is 61.7 Å². The molecule has 0 N–H and O–H groups in total. The molecule has 5 nitrogen and oxygen atoms in total. The summed E-state index contributed by atoms with van der Waals surface area (Å²) in [6, 6.07) is 14.7. The molecule has 0 radical (unpaired) electrons. The summed E-state index contributed by atoms with van der Waals surface area (Å²) < 4.78 is 2.61. The van der Waals surface area contributed by atoms with Crippen LogP contribution in [-0.4, -0.2) is 26.9 Å². The van der Waals surface area contributed by atoms with E-state index in [1.54, 1.807) is 10.6 Å². The van der Waals surface area contributed by atoms with Crippen molar-refractivity contribution in [1.82, 2.24) is 14.5 Å². The number of para-hydroxylation sites is 1. The van der Waals surface area contributed by atoms with Crippen LogP contribution in [0.4, 0.5) is 0 Å². The Labute approximate surface area is 205 Å². The number of nitrogens with zero attached hydrogens (tertiary/aromatic N) is 3. The smallest absolute Gasteiger partial charge is 0.266 e. The van der Waals surface area contributed by atoms with Gasteiger partial charge in [-0.3, -0.25) is 14.2 Å². The van der Waals surface area contributed by atoms with E-state index >= 15 is 0 Å². The molecular formula is C27H34BrN3O2. The van der Waals surface area contributed by atoms with Gasteiger partial charge in [0.15, 0.2) is 0 Å². The minimum atomic E-state index is -0.334. The lowest BCUT2D eigenvalue weighted by Gasteiger charge is -2.31. The summed E-state index contributed by atoms with van der Waals surface area (Å²) in [5.74, 6) is 1.19. The van der Waals surface area contributed by atoms with Crippen LogP contribution < -0.4 is 5.56 Å². The molecule has 0 saturated heterocycles. The first-order valence-corrected chi connectivity index (χ1v) is 12.7. The molecule has 33 heavy (non-hydrogen) atoms. The third-order valence-corrected chi connectivity index (χ3v) is 6.52. The molecule has 0 aliphatic rings. The van der Waals surface area contributed by atoms with E-state index in [1.165, 1.54) is 0 Å². The van der Waals surface area contributed by atoms with Gasteiger partial charge in [0, 0.05) is 17.4 Å². The van der Waals surface area contributed by atoms with Crippen LogP contribution in [0.5, 0.6) is 0 Å². The van der Waals surface area contributed by atoms with Crippen molar-refractivity contribution >= 4 is 32.7 Å². The Balaban J connectivity index is 2.13. The van der Waals surface area contributed by atoms with Crippen molar-refractivity contribution in [1.29, 1.82) is 0 Å². The highest BCUT2D eigenvalue weighted by Crippen LogP contribution is 2.25. The zero-order valence-corrected chi connectivity index (χ0v) is 21.6. The minimum Gasteiger partial charge on any atom is -0.333 e. The van der Waals surface area contributed by atoms with Crippen molar-refractivity contribution < 1.29 is 4.79 Å². The van der Waals surface area contributed by atoms with Crippen LogP contribution in [0.1, 0.15) is 71.7 Å². The SMILES string of the molecule is CCCCCC(=O)N(CCC(C)C)C(C)c1nc2ccccc2c(=O)n1-c1ccc(Br)cc1. The number of benzene rings is 2. The molecular weight excluding hydrogens is 478 g/mol. The number of hydrogen-bond donors (Lipinski definition) is 0. The van der Waals surface area contributed by atoms with Crippen LogP contribution in [0.3, 0.4) is 0 Å². The predicted molar refractivity (Wildman–Crippen MR) is 139 cm³/mol. The monoisotopic (exact) mass is 511 g/mol. The van der Waals surface area contributed by atoms with Crippen molar-refractivity contribution in [3.8, 4) is 5.69 Å². The van der Waals surface area contributed by atoms with E-state index in [-0.39, 0.29) is 17.5 Å². The Hall–Kier alpha value is -2.47. The Morgan fingerprint density at radius 3 is 2.42 bits per heavy atom. The van der Waals surface area contributed by atoms with Crippen LogP contribution in [0, 0.1) is 5.92 Å². The highest BCUT2D eigenvalue weighted by atomic mass is 79.9. The van der Waals surface area contributed by atoms with Gasteiger partial charge >= 0.3 is 0 Å². The van der Waals surface area contributed by atoms with Crippen LogP contribution in [0.15, 0.2) is 57.8 Å². The normalized spacial score (nSPS) is 12.3. The predicted octanol–water partition coefficient (Wildman–Crippen LogP) is 6.66. The molecule has 1 amide bonds. The Bertz CT molecular complexity index is 1140. The molecule has 176 valence electrons. The number of amides is 1. The number of halogens is 1. The maximum absolute atomic E-state index is 13.6. The number of carbonyl (C=O) groups is 1. The Morgan fingerprint density at radius 2 is 1.76 bits per heavy atom. The van der Waals surface area contributed by atoms with Crippen LogP contribution in [-0.2, 0) is 4.79 Å². The molecule has 3 aromatic rings. The summed E-state index contributed by atoms with van der Waals surface area (Å²) in [5.41, 5.74) is 1.28. The second-order valence-electron chi connectivity index (χ2n) is 9.01. The van der Waals surface area contributed by atoms with Gasteiger partial charge in [-0.2, -0.15) is 0 Å². The van der Waals surface area contributed by atoms with Crippen LogP contribution >= 0.6 is 15.9 Å². The van der Waals surface area contributed by atoms with E-state index in [4.69, 9.17) is 4.98 Å².